The minimum atomic E-state index is -0.452. The molecule has 2 aromatic carbocycles. The van der Waals surface area contributed by atoms with Crippen LogP contribution in [-0.4, -0.2) is 38.4 Å². The van der Waals surface area contributed by atoms with Crippen molar-refractivity contribution in [2.75, 3.05) is 26.4 Å². The van der Waals surface area contributed by atoms with Crippen LogP contribution in [0.25, 0.3) is 0 Å². The van der Waals surface area contributed by atoms with Gasteiger partial charge in [-0.3, -0.25) is 0 Å². The number of para-hydroxylation sites is 1. The first kappa shape index (κ1) is 21.2. The summed E-state index contributed by atoms with van der Waals surface area (Å²) in [7, 11) is 0. The monoisotopic (exact) mass is 384 g/mol. The zero-order valence-corrected chi connectivity index (χ0v) is 15.9. The number of rotatable bonds is 11. The minimum Gasteiger partial charge on any atom is -0.490 e. The van der Waals surface area contributed by atoms with Gasteiger partial charge in [-0.15, -0.1) is 0 Å². The van der Waals surface area contributed by atoms with Crippen LogP contribution in [0.1, 0.15) is 22.8 Å². The van der Waals surface area contributed by atoms with E-state index in [2.05, 4.69) is 6.58 Å². The van der Waals surface area contributed by atoms with Crippen LogP contribution in [0.5, 0.6) is 5.75 Å². The average Bonchev–Trinajstić information content (AvgIpc) is 2.72. The SMILES string of the molecule is C=C(C)C(=O)OCCOCCOc1ccccc1C(=O)OCc1ccccc1. The van der Waals surface area contributed by atoms with Gasteiger partial charge in [0.2, 0.25) is 0 Å². The van der Waals surface area contributed by atoms with Gasteiger partial charge in [-0.2, -0.15) is 0 Å². The first-order valence-corrected chi connectivity index (χ1v) is 8.91. The number of ether oxygens (including phenoxy) is 4. The van der Waals surface area contributed by atoms with E-state index >= 15 is 0 Å². The molecular formula is C22H24O6. The second-order valence-corrected chi connectivity index (χ2v) is 5.93. The maximum Gasteiger partial charge on any atom is 0.342 e. The van der Waals surface area contributed by atoms with Crippen molar-refractivity contribution in [2.45, 2.75) is 13.5 Å². The molecule has 0 heterocycles. The van der Waals surface area contributed by atoms with Crippen molar-refractivity contribution in [3.05, 3.63) is 77.9 Å². The first-order valence-electron chi connectivity index (χ1n) is 8.91. The highest BCUT2D eigenvalue weighted by molar-refractivity contribution is 5.92. The molecule has 0 N–H and O–H groups in total. The Morgan fingerprint density at radius 3 is 2.29 bits per heavy atom. The van der Waals surface area contributed by atoms with Crippen molar-refractivity contribution in [2.24, 2.45) is 0 Å². The molecule has 0 aliphatic carbocycles. The molecule has 6 nitrogen and oxygen atoms in total. The van der Waals surface area contributed by atoms with Crippen molar-refractivity contribution in [1.82, 2.24) is 0 Å². The lowest BCUT2D eigenvalue weighted by atomic mass is 10.2. The molecule has 0 saturated heterocycles. The van der Waals surface area contributed by atoms with Gasteiger partial charge in [-0.05, 0) is 24.6 Å². The third kappa shape index (κ3) is 7.25. The Morgan fingerprint density at radius 2 is 1.54 bits per heavy atom. The van der Waals surface area contributed by atoms with Crippen molar-refractivity contribution < 1.29 is 28.5 Å². The topological polar surface area (TPSA) is 71.1 Å². The highest BCUT2D eigenvalue weighted by Crippen LogP contribution is 2.19. The van der Waals surface area contributed by atoms with Crippen LogP contribution in [0.15, 0.2) is 66.7 Å². The largest absolute Gasteiger partial charge is 0.490 e. The van der Waals surface area contributed by atoms with Gasteiger partial charge < -0.3 is 18.9 Å². The molecule has 0 aliphatic rings. The molecule has 0 spiro atoms. The highest BCUT2D eigenvalue weighted by atomic mass is 16.6. The smallest absolute Gasteiger partial charge is 0.342 e. The Labute approximate surface area is 164 Å². The molecule has 0 radical (unpaired) electrons. The van der Waals surface area contributed by atoms with E-state index in [0.717, 1.165) is 5.56 Å². The fourth-order valence-electron chi connectivity index (χ4n) is 2.19. The molecule has 0 fully saturated rings. The summed E-state index contributed by atoms with van der Waals surface area (Å²) in [6.45, 7) is 6.21. The van der Waals surface area contributed by atoms with E-state index in [9.17, 15) is 9.59 Å². The number of hydrogen-bond donors (Lipinski definition) is 0. The summed E-state index contributed by atoms with van der Waals surface area (Å²) >= 11 is 0. The predicted octanol–water partition coefficient (Wildman–Crippen LogP) is 3.56. The fraction of sp³-hybridized carbons (Fsp3) is 0.273. The predicted molar refractivity (Wildman–Crippen MR) is 104 cm³/mol. The average molecular weight is 384 g/mol. The van der Waals surface area contributed by atoms with Gasteiger partial charge in [0, 0.05) is 5.57 Å². The van der Waals surface area contributed by atoms with Crippen LogP contribution in [0.3, 0.4) is 0 Å². The Morgan fingerprint density at radius 1 is 0.857 bits per heavy atom. The minimum absolute atomic E-state index is 0.147. The van der Waals surface area contributed by atoms with E-state index in [1.165, 1.54) is 0 Å². The zero-order chi connectivity index (χ0) is 20.2. The molecular weight excluding hydrogens is 360 g/mol. The van der Waals surface area contributed by atoms with Crippen LogP contribution in [0, 0.1) is 0 Å². The first-order chi connectivity index (χ1) is 13.6. The van der Waals surface area contributed by atoms with E-state index in [-0.39, 0.29) is 33.0 Å². The Balaban J connectivity index is 1.73. The van der Waals surface area contributed by atoms with Crippen LogP contribution >= 0.6 is 0 Å². The molecule has 2 aromatic rings. The number of benzene rings is 2. The van der Waals surface area contributed by atoms with E-state index < -0.39 is 11.9 Å². The van der Waals surface area contributed by atoms with Gasteiger partial charge in [0.1, 0.15) is 31.1 Å². The lowest BCUT2D eigenvalue weighted by molar-refractivity contribution is -0.140. The molecule has 0 bridgehead atoms. The normalized spacial score (nSPS) is 10.2. The maximum atomic E-state index is 12.3. The zero-order valence-electron chi connectivity index (χ0n) is 15.9. The highest BCUT2D eigenvalue weighted by Gasteiger charge is 2.13. The van der Waals surface area contributed by atoms with Gasteiger partial charge in [-0.25, -0.2) is 9.59 Å². The summed E-state index contributed by atoms with van der Waals surface area (Å²) in [5, 5.41) is 0. The van der Waals surface area contributed by atoms with Gasteiger partial charge in [0.05, 0.1) is 13.2 Å². The summed E-state index contributed by atoms with van der Waals surface area (Å²) in [4.78, 5) is 23.6. The van der Waals surface area contributed by atoms with Crippen molar-refractivity contribution in [3.8, 4) is 5.75 Å². The number of carbonyl (C=O) groups is 2. The summed E-state index contributed by atoms with van der Waals surface area (Å²) in [5.41, 5.74) is 1.61. The fourth-order valence-corrected chi connectivity index (χ4v) is 2.19. The Hall–Kier alpha value is -3.12. The Kier molecular flexibility index (Phi) is 8.75. The lowest BCUT2D eigenvalue weighted by Gasteiger charge is -2.12. The second kappa shape index (κ2) is 11.6. The van der Waals surface area contributed by atoms with Crippen molar-refractivity contribution in [3.63, 3.8) is 0 Å². The quantitative estimate of drug-likeness (QED) is 0.335. The van der Waals surface area contributed by atoms with Crippen LogP contribution in [0.2, 0.25) is 0 Å². The molecule has 0 amide bonds. The van der Waals surface area contributed by atoms with E-state index in [1.807, 2.05) is 30.3 Å². The van der Waals surface area contributed by atoms with Crippen LogP contribution < -0.4 is 4.74 Å². The molecule has 0 saturated carbocycles. The summed E-state index contributed by atoms with van der Waals surface area (Å²) < 4.78 is 21.2. The molecule has 0 aromatic heterocycles. The molecule has 2 rings (SSSR count). The maximum absolute atomic E-state index is 12.3. The van der Waals surface area contributed by atoms with Gasteiger partial charge >= 0.3 is 11.9 Å². The van der Waals surface area contributed by atoms with E-state index in [4.69, 9.17) is 18.9 Å². The van der Waals surface area contributed by atoms with E-state index in [1.54, 1.807) is 31.2 Å². The molecule has 0 atom stereocenters. The number of carbonyl (C=O) groups excluding carboxylic acids is 2. The number of hydrogen-bond acceptors (Lipinski definition) is 6. The molecule has 28 heavy (non-hydrogen) atoms. The third-order valence-corrected chi connectivity index (χ3v) is 3.61. The van der Waals surface area contributed by atoms with Gasteiger partial charge in [-0.1, -0.05) is 49.0 Å². The molecule has 0 aliphatic heterocycles. The molecule has 0 unspecified atom stereocenters. The van der Waals surface area contributed by atoms with Gasteiger partial charge in [0.15, 0.2) is 0 Å². The van der Waals surface area contributed by atoms with Gasteiger partial charge in [0.25, 0.3) is 0 Å². The molecule has 6 heteroatoms. The number of esters is 2. The second-order valence-electron chi connectivity index (χ2n) is 5.93. The molecule has 148 valence electrons. The van der Waals surface area contributed by atoms with E-state index in [0.29, 0.717) is 16.9 Å². The standard InChI is InChI=1S/C22H24O6/c1-17(2)21(23)27-15-13-25-12-14-26-20-11-7-6-10-19(20)22(24)28-16-18-8-4-3-5-9-18/h3-11H,1,12-16H2,2H3. The van der Waals surface area contributed by atoms with Crippen molar-refractivity contribution >= 4 is 11.9 Å². The van der Waals surface area contributed by atoms with Crippen LogP contribution in [-0.2, 0) is 25.6 Å². The van der Waals surface area contributed by atoms with Crippen LogP contribution in [0.4, 0.5) is 0 Å². The summed E-state index contributed by atoms with van der Waals surface area (Å²) in [6.07, 6.45) is 0. The lowest BCUT2D eigenvalue weighted by Crippen LogP contribution is -2.15. The Bertz CT molecular complexity index is 785. The van der Waals surface area contributed by atoms with Crippen molar-refractivity contribution in [1.29, 1.82) is 0 Å². The summed E-state index contributed by atoms with van der Waals surface area (Å²) in [6, 6.07) is 16.3. The summed E-state index contributed by atoms with van der Waals surface area (Å²) in [5.74, 6) is -0.465. The third-order valence-electron chi connectivity index (χ3n) is 3.61.